The zero-order chi connectivity index (χ0) is 23.8. The third kappa shape index (κ3) is 4.71. The van der Waals surface area contributed by atoms with Crippen LogP contribution in [0.5, 0.6) is 0 Å². The number of rotatable bonds is 6. The number of carbonyl (C=O) groups is 1. The number of halogens is 2. The number of benzene rings is 2. The van der Waals surface area contributed by atoms with Crippen LogP contribution >= 0.6 is 30.6 Å². The summed E-state index contributed by atoms with van der Waals surface area (Å²) in [6, 6.07) is 14.1. The molecule has 0 aliphatic rings. The molecule has 2 heterocycles. The van der Waals surface area contributed by atoms with Crippen LogP contribution in [0.1, 0.15) is 21.6 Å². The highest BCUT2D eigenvalue weighted by Gasteiger charge is 2.36. The van der Waals surface area contributed by atoms with Crippen molar-refractivity contribution in [1.29, 1.82) is 0 Å². The van der Waals surface area contributed by atoms with E-state index in [4.69, 9.17) is 27.7 Å². The zero-order valence-electron chi connectivity index (χ0n) is 18.4. The van der Waals surface area contributed by atoms with Crippen LogP contribution in [0.3, 0.4) is 0 Å². The van der Waals surface area contributed by atoms with Gasteiger partial charge in [-0.05, 0) is 55.0 Å². The quantitative estimate of drug-likeness (QED) is 0.303. The Balaban J connectivity index is 1.85. The number of carbonyl (C=O) groups excluding carboxylic acids is 1. The fourth-order valence-corrected chi connectivity index (χ4v) is 6.68. The third-order valence-electron chi connectivity index (χ3n) is 5.33. The average molecular weight is 503 g/mol. The number of aromatic amines is 1. The highest BCUT2D eigenvalue weighted by Crippen LogP contribution is 2.47. The van der Waals surface area contributed by atoms with Crippen LogP contribution in [0.15, 0.2) is 60.9 Å². The fraction of sp³-hybridized carbons (Fsp3) is 0.167. The normalized spacial score (nSPS) is 13.1. The van der Waals surface area contributed by atoms with E-state index in [1.54, 1.807) is 36.4 Å². The molecule has 2 N–H and O–H groups in total. The van der Waals surface area contributed by atoms with Gasteiger partial charge in [-0.15, -0.1) is 0 Å². The Morgan fingerprint density at radius 1 is 1.15 bits per heavy atom. The molecule has 0 fully saturated rings. The van der Waals surface area contributed by atoms with E-state index >= 15 is 0 Å². The number of hydrogen-bond acceptors (Lipinski definition) is 3. The van der Waals surface area contributed by atoms with Gasteiger partial charge in [-0.25, -0.2) is 4.57 Å². The molecule has 0 radical (unpaired) electrons. The van der Waals surface area contributed by atoms with E-state index in [0.717, 1.165) is 11.1 Å². The second-order valence-corrected chi connectivity index (χ2v) is 11.1. The van der Waals surface area contributed by atoms with Crippen LogP contribution < -0.4 is 20.5 Å². The molecule has 0 aliphatic heterocycles. The summed E-state index contributed by atoms with van der Waals surface area (Å²) in [6.07, 6.45) is 3.83. The molecule has 4 rings (SSSR count). The number of aryl methyl sites for hydroxylation is 2. The number of nitrogens with zero attached hydrogens (tertiary/aromatic N) is 1. The van der Waals surface area contributed by atoms with E-state index in [1.807, 2.05) is 43.1 Å². The lowest BCUT2D eigenvalue weighted by atomic mass is 10.2. The summed E-state index contributed by atoms with van der Waals surface area (Å²) < 4.78 is 21.9. The van der Waals surface area contributed by atoms with Crippen LogP contribution in [0.4, 0.5) is 0 Å². The predicted molar refractivity (Wildman–Crippen MR) is 132 cm³/mol. The zero-order valence-corrected chi connectivity index (χ0v) is 20.8. The van der Waals surface area contributed by atoms with Crippen LogP contribution in [0, 0.1) is 6.92 Å². The minimum atomic E-state index is -3.71. The van der Waals surface area contributed by atoms with Gasteiger partial charge < -0.3 is 14.8 Å². The van der Waals surface area contributed by atoms with Gasteiger partial charge in [-0.3, -0.25) is 9.36 Å². The van der Waals surface area contributed by atoms with Crippen molar-refractivity contribution < 1.29 is 18.5 Å². The Hall–Kier alpha value is -2.63. The molecule has 0 bridgehead atoms. The number of fused-ring (bicyclic) bond motifs is 1. The van der Waals surface area contributed by atoms with Gasteiger partial charge in [0.05, 0.1) is 5.30 Å². The Bertz CT molecular complexity index is 1400. The third-order valence-corrected chi connectivity index (χ3v) is 8.29. The highest BCUT2D eigenvalue weighted by atomic mass is 35.5. The standard InChI is InChI=1S/C24H22Cl2N3O3P/c1-15-9-18(26)11-19(10-15)33(31,32-3)23-20-12-17(25)6-7-21(20)28-22(23)24(30)27-13-16-5-4-8-29(2)14-16/h4-12,14H,13H2,1-3H3,(H-,27,28,30,31)/p+1. The first-order valence-electron chi connectivity index (χ1n) is 10.2. The summed E-state index contributed by atoms with van der Waals surface area (Å²) >= 11 is 12.5. The molecule has 33 heavy (non-hydrogen) atoms. The summed E-state index contributed by atoms with van der Waals surface area (Å²) in [5, 5.41) is 5.02. The van der Waals surface area contributed by atoms with E-state index in [0.29, 0.717) is 32.8 Å². The molecule has 0 aliphatic carbocycles. The maximum absolute atomic E-state index is 14.4. The van der Waals surface area contributed by atoms with Crippen molar-refractivity contribution in [1.82, 2.24) is 10.3 Å². The van der Waals surface area contributed by atoms with E-state index in [9.17, 15) is 9.36 Å². The summed E-state index contributed by atoms with van der Waals surface area (Å²) in [7, 11) is -0.434. The Morgan fingerprint density at radius 3 is 2.64 bits per heavy atom. The van der Waals surface area contributed by atoms with Crippen LogP contribution in [-0.2, 0) is 22.7 Å². The first kappa shape index (κ1) is 23.5. The predicted octanol–water partition coefficient (Wildman–Crippen LogP) is 4.41. The molecule has 170 valence electrons. The molecule has 0 saturated heterocycles. The maximum Gasteiger partial charge on any atom is 0.268 e. The summed E-state index contributed by atoms with van der Waals surface area (Å²) in [5.74, 6) is -0.403. The SMILES string of the molecule is COP(=O)(c1cc(C)cc(Cl)c1)c1c(C(=O)NCc2ccc[n+](C)c2)[nH]c2ccc(Cl)cc12. The Labute approximate surface area is 201 Å². The molecule has 4 aromatic rings. The van der Waals surface area contributed by atoms with Gasteiger partial charge in [-0.2, -0.15) is 0 Å². The van der Waals surface area contributed by atoms with Crippen molar-refractivity contribution in [3.8, 4) is 0 Å². The lowest BCUT2D eigenvalue weighted by molar-refractivity contribution is -0.671. The van der Waals surface area contributed by atoms with Gasteiger partial charge in [0.1, 0.15) is 12.7 Å². The van der Waals surface area contributed by atoms with E-state index in [-0.39, 0.29) is 11.0 Å². The van der Waals surface area contributed by atoms with E-state index in [2.05, 4.69) is 10.3 Å². The number of amides is 1. The molecule has 6 nitrogen and oxygen atoms in total. The van der Waals surface area contributed by atoms with Crippen LogP contribution in [0.2, 0.25) is 10.0 Å². The molecule has 2 aromatic heterocycles. The second-order valence-electron chi connectivity index (χ2n) is 7.82. The molecule has 1 atom stereocenters. The van der Waals surface area contributed by atoms with Crippen molar-refractivity contribution in [2.45, 2.75) is 13.5 Å². The van der Waals surface area contributed by atoms with Crippen molar-refractivity contribution in [3.05, 3.63) is 87.8 Å². The first-order chi connectivity index (χ1) is 15.7. The molecule has 0 spiro atoms. The van der Waals surface area contributed by atoms with E-state index in [1.165, 1.54) is 7.11 Å². The van der Waals surface area contributed by atoms with Crippen LogP contribution in [0.25, 0.3) is 10.9 Å². The minimum absolute atomic E-state index is 0.162. The van der Waals surface area contributed by atoms with Crippen molar-refractivity contribution in [3.63, 3.8) is 0 Å². The number of hydrogen-bond donors (Lipinski definition) is 2. The minimum Gasteiger partial charge on any atom is -0.350 e. The average Bonchev–Trinajstić information content (AvgIpc) is 3.15. The Morgan fingerprint density at radius 2 is 1.94 bits per heavy atom. The topological polar surface area (TPSA) is 75.1 Å². The first-order valence-corrected chi connectivity index (χ1v) is 12.6. The van der Waals surface area contributed by atoms with Gasteiger partial charge in [-0.1, -0.05) is 23.2 Å². The monoisotopic (exact) mass is 502 g/mol. The number of H-pyrrole nitrogens is 1. The lowest BCUT2D eigenvalue weighted by Gasteiger charge is -2.19. The van der Waals surface area contributed by atoms with Gasteiger partial charge in [0.2, 0.25) is 0 Å². The van der Waals surface area contributed by atoms with Crippen molar-refractivity contribution >= 4 is 58.0 Å². The maximum atomic E-state index is 14.4. The van der Waals surface area contributed by atoms with E-state index < -0.39 is 13.3 Å². The number of pyridine rings is 1. The molecule has 9 heteroatoms. The van der Waals surface area contributed by atoms with Gasteiger partial charge >= 0.3 is 0 Å². The van der Waals surface area contributed by atoms with Gasteiger partial charge in [0.25, 0.3) is 13.3 Å². The summed E-state index contributed by atoms with van der Waals surface area (Å²) in [4.78, 5) is 16.4. The molecule has 0 saturated carbocycles. The molecule has 1 amide bonds. The summed E-state index contributed by atoms with van der Waals surface area (Å²) in [5.41, 5.74) is 2.54. The highest BCUT2D eigenvalue weighted by molar-refractivity contribution is 7.75. The van der Waals surface area contributed by atoms with Crippen molar-refractivity contribution in [2.24, 2.45) is 7.05 Å². The van der Waals surface area contributed by atoms with Gasteiger partial charge in [0.15, 0.2) is 12.4 Å². The molecule has 1 unspecified atom stereocenters. The number of nitrogens with one attached hydrogen (secondary N) is 2. The number of aromatic nitrogens is 2. The van der Waals surface area contributed by atoms with Gasteiger partial charge in [0, 0.05) is 51.5 Å². The largest absolute Gasteiger partial charge is 0.350 e. The van der Waals surface area contributed by atoms with Crippen molar-refractivity contribution in [2.75, 3.05) is 7.11 Å². The molecular formula is C24H23Cl2N3O3P+. The second kappa shape index (κ2) is 9.32. The molecule has 2 aromatic carbocycles. The Kier molecular flexibility index (Phi) is 6.64. The smallest absolute Gasteiger partial charge is 0.268 e. The fourth-order valence-electron chi connectivity index (χ4n) is 3.86. The van der Waals surface area contributed by atoms with Crippen LogP contribution in [-0.4, -0.2) is 18.0 Å². The molecular weight excluding hydrogens is 480 g/mol. The summed E-state index contributed by atoms with van der Waals surface area (Å²) in [6.45, 7) is 2.16. The lowest BCUT2D eigenvalue weighted by Crippen LogP contribution is -2.32.